The van der Waals surface area contributed by atoms with Gasteiger partial charge in [0, 0.05) is 18.7 Å². The average molecular weight is 402 g/mol. The van der Waals surface area contributed by atoms with Crippen LogP contribution in [0.15, 0.2) is 48.5 Å². The van der Waals surface area contributed by atoms with Crippen molar-refractivity contribution in [1.82, 2.24) is 10.2 Å². The maximum Gasteiger partial charge on any atom is 0.255 e. The summed E-state index contributed by atoms with van der Waals surface area (Å²) in [4.78, 5) is 27.5. The lowest BCUT2D eigenvalue weighted by atomic mass is 9.96. The van der Waals surface area contributed by atoms with Crippen molar-refractivity contribution in [3.63, 3.8) is 0 Å². The van der Waals surface area contributed by atoms with Gasteiger partial charge in [-0.05, 0) is 63.5 Å². The van der Waals surface area contributed by atoms with Gasteiger partial charge < -0.3 is 15.5 Å². The summed E-state index contributed by atoms with van der Waals surface area (Å²) in [6, 6.07) is 14.7. The van der Waals surface area contributed by atoms with Crippen LogP contribution >= 0.6 is 12.4 Å². The van der Waals surface area contributed by atoms with Gasteiger partial charge in [0.15, 0.2) is 0 Å². The molecule has 0 aromatic heterocycles. The molecule has 2 aromatic carbocycles. The van der Waals surface area contributed by atoms with Crippen LogP contribution in [0.25, 0.3) is 0 Å². The first kappa shape index (κ1) is 21.9. The summed E-state index contributed by atoms with van der Waals surface area (Å²) in [6.07, 6.45) is 2.01. The van der Waals surface area contributed by atoms with Gasteiger partial charge in [-0.15, -0.1) is 12.4 Å². The largest absolute Gasteiger partial charge is 0.339 e. The third-order valence-corrected chi connectivity index (χ3v) is 5.08. The van der Waals surface area contributed by atoms with Crippen molar-refractivity contribution in [1.29, 1.82) is 0 Å². The minimum Gasteiger partial charge on any atom is -0.339 e. The van der Waals surface area contributed by atoms with Crippen molar-refractivity contribution in [3.8, 4) is 0 Å². The number of nitrogens with one attached hydrogen (secondary N) is 2. The zero-order valence-electron chi connectivity index (χ0n) is 16.4. The highest BCUT2D eigenvalue weighted by molar-refractivity contribution is 6.09. The molecule has 1 aliphatic heterocycles. The van der Waals surface area contributed by atoms with E-state index in [1.807, 2.05) is 49.2 Å². The molecule has 0 radical (unpaired) electrons. The normalized spacial score (nSPS) is 14.3. The molecule has 1 heterocycles. The summed E-state index contributed by atoms with van der Waals surface area (Å²) < 4.78 is 0. The number of hydrogen-bond donors (Lipinski definition) is 2. The lowest BCUT2D eigenvalue weighted by molar-refractivity contribution is 0.0692. The summed E-state index contributed by atoms with van der Waals surface area (Å²) in [7, 11) is 1.96. The monoisotopic (exact) mass is 401 g/mol. The van der Waals surface area contributed by atoms with Gasteiger partial charge in [-0.2, -0.15) is 0 Å². The zero-order valence-corrected chi connectivity index (χ0v) is 17.2. The second kappa shape index (κ2) is 10.2. The number of nitrogens with zero attached hydrogens (tertiary/aromatic N) is 1. The molecule has 28 heavy (non-hydrogen) atoms. The van der Waals surface area contributed by atoms with Gasteiger partial charge in [0.1, 0.15) is 0 Å². The Labute approximate surface area is 172 Å². The molecule has 0 aliphatic carbocycles. The molecular formula is C22H28ClN3O2. The lowest BCUT2D eigenvalue weighted by Gasteiger charge is -2.32. The Morgan fingerprint density at radius 2 is 1.79 bits per heavy atom. The van der Waals surface area contributed by atoms with Crippen molar-refractivity contribution in [2.24, 2.45) is 5.92 Å². The highest BCUT2D eigenvalue weighted by atomic mass is 35.5. The molecule has 2 amide bonds. The predicted molar refractivity (Wildman–Crippen MR) is 115 cm³/mol. The van der Waals surface area contributed by atoms with Crippen LogP contribution in [0.4, 0.5) is 5.69 Å². The fourth-order valence-corrected chi connectivity index (χ4v) is 3.56. The van der Waals surface area contributed by atoms with Crippen LogP contribution in [-0.2, 0) is 0 Å². The van der Waals surface area contributed by atoms with E-state index >= 15 is 0 Å². The Morgan fingerprint density at radius 1 is 1.07 bits per heavy atom. The lowest BCUT2D eigenvalue weighted by Crippen LogP contribution is -2.40. The van der Waals surface area contributed by atoms with Gasteiger partial charge in [-0.3, -0.25) is 9.59 Å². The molecular weight excluding hydrogens is 374 g/mol. The summed E-state index contributed by atoms with van der Waals surface area (Å²) >= 11 is 0. The third kappa shape index (κ3) is 5.33. The van der Waals surface area contributed by atoms with Gasteiger partial charge in [0.2, 0.25) is 0 Å². The fraction of sp³-hybridized carbons (Fsp3) is 0.364. The van der Waals surface area contributed by atoms with Crippen molar-refractivity contribution < 1.29 is 9.59 Å². The van der Waals surface area contributed by atoms with E-state index in [1.165, 1.54) is 0 Å². The first-order valence-corrected chi connectivity index (χ1v) is 9.49. The standard InChI is InChI=1S/C22H27N3O2.ClH/c1-16-6-5-7-18(14-16)21(26)24-20-9-4-3-8-19(20)22(27)25-12-10-17(11-13-25)15-23-2;/h3-9,14,17,23H,10-13,15H2,1-2H3,(H,24,26);1H. The van der Waals surface area contributed by atoms with E-state index in [1.54, 1.807) is 18.2 Å². The number of amides is 2. The van der Waals surface area contributed by atoms with Crippen LogP contribution in [0.1, 0.15) is 39.1 Å². The molecule has 0 spiro atoms. The highest BCUT2D eigenvalue weighted by Gasteiger charge is 2.25. The minimum atomic E-state index is -0.202. The number of para-hydroxylation sites is 1. The molecule has 0 unspecified atom stereocenters. The number of carbonyl (C=O) groups is 2. The fourth-order valence-electron chi connectivity index (χ4n) is 3.56. The SMILES string of the molecule is CNCC1CCN(C(=O)c2ccccc2NC(=O)c2cccc(C)c2)CC1.Cl. The van der Waals surface area contributed by atoms with Gasteiger partial charge >= 0.3 is 0 Å². The van der Waals surface area contributed by atoms with Crippen molar-refractivity contribution >= 4 is 29.9 Å². The molecule has 2 aromatic rings. The number of halogens is 1. The van der Waals surface area contributed by atoms with Crippen molar-refractivity contribution in [2.45, 2.75) is 19.8 Å². The van der Waals surface area contributed by atoms with E-state index < -0.39 is 0 Å². The molecule has 0 atom stereocenters. The highest BCUT2D eigenvalue weighted by Crippen LogP contribution is 2.23. The molecule has 1 aliphatic rings. The molecule has 5 nitrogen and oxygen atoms in total. The first-order chi connectivity index (χ1) is 13.1. The summed E-state index contributed by atoms with van der Waals surface area (Å²) in [6.45, 7) is 4.45. The van der Waals surface area contributed by atoms with Crippen LogP contribution in [0.2, 0.25) is 0 Å². The molecule has 1 fully saturated rings. The molecule has 2 N–H and O–H groups in total. The topological polar surface area (TPSA) is 61.4 Å². The number of anilines is 1. The van der Waals surface area contributed by atoms with Gasteiger partial charge in [0.05, 0.1) is 11.3 Å². The van der Waals surface area contributed by atoms with Gasteiger partial charge in [-0.1, -0.05) is 29.8 Å². The number of piperidine rings is 1. The number of hydrogen-bond acceptors (Lipinski definition) is 3. The Kier molecular flexibility index (Phi) is 8.03. The Hall–Kier alpha value is -2.37. The summed E-state index contributed by atoms with van der Waals surface area (Å²) in [5, 5.41) is 6.12. The van der Waals surface area contributed by atoms with E-state index in [2.05, 4.69) is 10.6 Å². The Bertz CT molecular complexity index is 817. The Balaban J connectivity index is 0.00000280. The van der Waals surface area contributed by atoms with E-state index in [4.69, 9.17) is 0 Å². The van der Waals surface area contributed by atoms with Gasteiger partial charge in [-0.25, -0.2) is 0 Å². The third-order valence-electron chi connectivity index (χ3n) is 5.08. The second-order valence-corrected chi connectivity index (χ2v) is 7.16. The number of carbonyl (C=O) groups excluding carboxylic acids is 2. The quantitative estimate of drug-likeness (QED) is 0.802. The number of rotatable bonds is 5. The van der Waals surface area contributed by atoms with E-state index in [0.29, 0.717) is 22.7 Å². The molecule has 1 saturated heterocycles. The maximum atomic E-state index is 13.0. The van der Waals surface area contributed by atoms with Crippen molar-refractivity contribution in [2.75, 3.05) is 32.0 Å². The number of benzene rings is 2. The molecule has 6 heteroatoms. The van der Waals surface area contributed by atoms with E-state index in [-0.39, 0.29) is 24.2 Å². The van der Waals surface area contributed by atoms with Gasteiger partial charge in [0.25, 0.3) is 11.8 Å². The van der Waals surface area contributed by atoms with E-state index in [9.17, 15) is 9.59 Å². The average Bonchev–Trinajstić information content (AvgIpc) is 2.69. The van der Waals surface area contributed by atoms with Crippen molar-refractivity contribution in [3.05, 3.63) is 65.2 Å². The first-order valence-electron chi connectivity index (χ1n) is 9.49. The molecule has 150 valence electrons. The van der Waals surface area contributed by atoms with Crippen LogP contribution in [0.5, 0.6) is 0 Å². The number of aryl methyl sites for hydroxylation is 1. The maximum absolute atomic E-state index is 13.0. The van der Waals surface area contributed by atoms with Crippen LogP contribution in [0, 0.1) is 12.8 Å². The Morgan fingerprint density at radius 3 is 2.46 bits per heavy atom. The van der Waals surface area contributed by atoms with Crippen LogP contribution in [0.3, 0.4) is 0 Å². The minimum absolute atomic E-state index is 0. The molecule has 3 rings (SSSR count). The second-order valence-electron chi connectivity index (χ2n) is 7.16. The summed E-state index contributed by atoms with van der Waals surface area (Å²) in [5.74, 6) is 0.403. The predicted octanol–water partition coefficient (Wildman–Crippen LogP) is 3.74. The smallest absolute Gasteiger partial charge is 0.255 e. The zero-order chi connectivity index (χ0) is 19.2. The van der Waals surface area contributed by atoms with E-state index in [0.717, 1.165) is 38.0 Å². The summed E-state index contributed by atoms with van der Waals surface area (Å²) in [5.41, 5.74) is 2.72. The number of likely N-dealkylation sites (tertiary alicyclic amines) is 1. The molecule has 0 bridgehead atoms. The molecule has 0 saturated carbocycles. The van der Waals surface area contributed by atoms with Crippen LogP contribution < -0.4 is 10.6 Å². The van der Waals surface area contributed by atoms with Crippen LogP contribution in [-0.4, -0.2) is 43.4 Å².